The Bertz CT molecular complexity index is 733. The number of alkyl halides is 1. The van der Waals surface area contributed by atoms with E-state index < -0.39 is 0 Å². The van der Waals surface area contributed by atoms with Gasteiger partial charge >= 0.3 is 0 Å². The van der Waals surface area contributed by atoms with E-state index in [2.05, 4.69) is 17.5 Å². The Morgan fingerprint density at radius 3 is 2.53 bits per heavy atom. The molecule has 0 bridgehead atoms. The van der Waals surface area contributed by atoms with E-state index in [4.69, 9.17) is 34.8 Å². The zero-order valence-electron chi connectivity index (χ0n) is 9.74. The molecule has 0 saturated carbocycles. The van der Waals surface area contributed by atoms with Crippen molar-refractivity contribution in [2.45, 2.75) is 5.38 Å². The highest BCUT2D eigenvalue weighted by Gasteiger charge is 2.16. The van der Waals surface area contributed by atoms with Crippen LogP contribution >= 0.6 is 46.1 Å². The number of rotatable bonds is 2. The predicted octanol–water partition coefficient (Wildman–Crippen LogP) is 6.54. The topological polar surface area (TPSA) is 0 Å². The van der Waals surface area contributed by atoms with Gasteiger partial charge in [0.05, 0.1) is 15.4 Å². The quantitative estimate of drug-likeness (QED) is 0.469. The van der Waals surface area contributed by atoms with Crippen LogP contribution in [0, 0.1) is 0 Å². The maximum absolute atomic E-state index is 6.58. The second-order valence-corrected chi connectivity index (χ2v) is 6.39. The lowest BCUT2D eigenvalue weighted by Crippen LogP contribution is -1.92. The third kappa shape index (κ3) is 2.48. The number of fused-ring (bicyclic) bond motifs is 1. The summed E-state index contributed by atoms with van der Waals surface area (Å²) in [5.41, 5.74) is 2.07. The van der Waals surface area contributed by atoms with Crippen molar-refractivity contribution in [2.24, 2.45) is 0 Å². The van der Waals surface area contributed by atoms with Gasteiger partial charge in [0.15, 0.2) is 0 Å². The molecule has 1 heterocycles. The van der Waals surface area contributed by atoms with Crippen molar-refractivity contribution in [1.29, 1.82) is 0 Å². The summed E-state index contributed by atoms with van der Waals surface area (Å²) < 4.78 is 1.24. The van der Waals surface area contributed by atoms with Gasteiger partial charge in [-0.05, 0) is 40.1 Å². The van der Waals surface area contributed by atoms with Crippen LogP contribution < -0.4 is 0 Å². The molecule has 1 atom stereocenters. The molecule has 0 nitrogen and oxygen atoms in total. The first-order valence-electron chi connectivity index (χ1n) is 5.72. The van der Waals surface area contributed by atoms with Crippen LogP contribution in [0.15, 0.2) is 47.8 Å². The van der Waals surface area contributed by atoms with Crippen LogP contribution in [0.3, 0.4) is 0 Å². The van der Waals surface area contributed by atoms with Crippen LogP contribution in [0.25, 0.3) is 10.1 Å². The second-order valence-electron chi connectivity index (χ2n) is 4.22. The smallest absolute Gasteiger partial charge is 0.0850 e. The van der Waals surface area contributed by atoms with Crippen molar-refractivity contribution in [3.63, 3.8) is 0 Å². The van der Waals surface area contributed by atoms with Crippen LogP contribution in [0.4, 0.5) is 0 Å². The molecule has 3 aromatic rings. The van der Waals surface area contributed by atoms with E-state index in [-0.39, 0.29) is 5.38 Å². The third-order valence-corrected chi connectivity index (χ3v) is 5.23. The molecule has 0 fully saturated rings. The first-order valence-corrected chi connectivity index (χ1v) is 7.79. The SMILES string of the molecule is Clc1ccc(C(Cl)c2csc3ccccc23)cc1Cl. The van der Waals surface area contributed by atoms with Gasteiger partial charge in [-0.25, -0.2) is 0 Å². The number of benzene rings is 2. The number of hydrogen-bond acceptors (Lipinski definition) is 1. The summed E-state index contributed by atoms with van der Waals surface area (Å²) >= 11 is 20.3. The van der Waals surface area contributed by atoms with Gasteiger partial charge < -0.3 is 0 Å². The van der Waals surface area contributed by atoms with Crippen LogP contribution in [-0.4, -0.2) is 0 Å². The molecule has 4 heteroatoms. The van der Waals surface area contributed by atoms with Crippen LogP contribution in [0.1, 0.15) is 16.5 Å². The molecule has 0 spiro atoms. The van der Waals surface area contributed by atoms with Gasteiger partial charge in [0.25, 0.3) is 0 Å². The van der Waals surface area contributed by atoms with Crippen molar-refractivity contribution < 1.29 is 0 Å². The monoisotopic (exact) mass is 326 g/mol. The molecular weight excluding hydrogens is 319 g/mol. The lowest BCUT2D eigenvalue weighted by molar-refractivity contribution is 1.17. The van der Waals surface area contributed by atoms with E-state index in [0.29, 0.717) is 10.0 Å². The van der Waals surface area contributed by atoms with Gasteiger partial charge in [-0.1, -0.05) is 47.5 Å². The molecule has 0 aliphatic carbocycles. The Hall–Kier alpha value is -0.730. The standard InChI is InChI=1S/C15H9Cl3S/c16-12-6-5-9(7-13(12)17)15(18)11-8-19-14-4-2-1-3-10(11)14/h1-8,15H. The van der Waals surface area contributed by atoms with E-state index in [9.17, 15) is 0 Å². The fourth-order valence-electron chi connectivity index (χ4n) is 2.04. The fraction of sp³-hybridized carbons (Fsp3) is 0.0667. The number of thiophene rings is 1. The molecule has 96 valence electrons. The molecule has 3 rings (SSSR count). The molecule has 1 unspecified atom stereocenters. The average Bonchev–Trinajstić information content (AvgIpc) is 2.85. The van der Waals surface area contributed by atoms with Gasteiger partial charge in [-0.2, -0.15) is 0 Å². The van der Waals surface area contributed by atoms with Crippen LogP contribution in [-0.2, 0) is 0 Å². The maximum Gasteiger partial charge on any atom is 0.0850 e. The Labute approximate surface area is 130 Å². The fourth-order valence-corrected chi connectivity index (χ4v) is 3.73. The highest BCUT2D eigenvalue weighted by Crippen LogP contribution is 2.38. The zero-order valence-corrected chi connectivity index (χ0v) is 12.8. The van der Waals surface area contributed by atoms with Crippen molar-refractivity contribution in [2.75, 3.05) is 0 Å². The minimum absolute atomic E-state index is 0.217. The summed E-state index contributed by atoms with van der Waals surface area (Å²) in [5, 5.41) is 4.16. The van der Waals surface area contributed by atoms with Crippen molar-refractivity contribution in [3.8, 4) is 0 Å². The largest absolute Gasteiger partial charge is 0.143 e. The molecule has 0 radical (unpaired) electrons. The van der Waals surface area contributed by atoms with Crippen molar-refractivity contribution >= 4 is 56.2 Å². The zero-order chi connectivity index (χ0) is 13.4. The Balaban J connectivity index is 2.08. The normalized spacial score (nSPS) is 12.8. The van der Waals surface area contributed by atoms with E-state index in [1.807, 2.05) is 24.3 Å². The van der Waals surface area contributed by atoms with E-state index in [1.54, 1.807) is 17.4 Å². The maximum atomic E-state index is 6.58. The van der Waals surface area contributed by atoms with Crippen molar-refractivity contribution in [3.05, 3.63) is 69.0 Å². The Morgan fingerprint density at radius 1 is 0.947 bits per heavy atom. The lowest BCUT2D eigenvalue weighted by Gasteiger charge is -2.10. The molecule has 0 N–H and O–H groups in total. The van der Waals surface area contributed by atoms with Crippen molar-refractivity contribution in [1.82, 2.24) is 0 Å². The second kappa shape index (κ2) is 5.34. The van der Waals surface area contributed by atoms with Gasteiger partial charge in [-0.3, -0.25) is 0 Å². The number of hydrogen-bond donors (Lipinski definition) is 0. The predicted molar refractivity (Wildman–Crippen MR) is 86.0 cm³/mol. The van der Waals surface area contributed by atoms with Gasteiger partial charge in [0.2, 0.25) is 0 Å². The van der Waals surface area contributed by atoms with Crippen LogP contribution in [0.2, 0.25) is 10.0 Å². The van der Waals surface area contributed by atoms with E-state index in [0.717, 1.165) is 11.1 Å². The highest BCUT2D eigenvalue weighted by molar-refractivity contribution is 7.17. The molecule has 0 amide bonds. The molecule has 0 aliphatic rings. The summed E-state index contributed by atoms with van der Waals surface area (Å²) in [6, 6.07) is 13.8. The minimum Gasteiger partial charge on any atom is -0.143 e. The molecule has 0 aliphatic heterocycles. The molecule has 19 heavy (non-hydrogen) atoms. The molecule has 1 aromatic heterocycles. The Morgan fingerprint density at radius 2 is 1.74 bits per heavy atom. The van der Waals surface area contributed by atoms with Gasteiger partial charge in [0.1, 0.15) is 0 Å². The van der Waals surface area contributed by atoms with Crippen LogP contribution in [0.5, 0.6) is 0 Å². The average molecular weight is 328 g/mol. The summed E-state index contributed by atoms with van der Waals surface area (Å²) in [5.74, 6) is 0. The van der Waals surface area contributed by atoms with Gasteiger partial charge in [0, 0.05) is 4.70 Å². The van der Waals surface area contributed by atoms with E-state index >= 15 is 0 Å². The molecule has 0 saturated heterocycles. The minimum atomic E-state index is -0.217. The summed E-state index contributed by atoms with van der Waals surface area (Å²) in [6.07, 6.45) is 0. The molecule has 2 aromatic carbocycles. The van der Waals surface area contributed by atoms with Gasteiger partial charge in [-0.15, -0.1) is 22.9 Å². The summed E-state index contributed by atoms with van der Waals surface area (Å²) in [4.78, 5) is 0. The lowest BCUT2D eigenvalue weighted by atomic mass is 10.0. The first kappa shape index (κ1) is 13.3. The summed E-state index contributed by atoms with van der Waals surface area (Å²) in [6.45, 7) is 0. The van der Waals surface area contributed by atoms with E-state index in [1.165, 1.54) is 10.1 Å². The highest BCUT2D eigenvalue weighted by atomic mass is 35.5. The third-order valence-electron chi connectivity index (χ3n) is 3.02. The Kier molecular flexibility index (Phi) is 3.72. The summed E-state index contributed by atoms with van der Waals surface area (Å²) in [7, 11) is 0. The molecular formula is C15H9Cl3S. The first-order chi connectivity index (χ1) is 9.16. The number of halogens is 3.